The molecule has 0 radical (unpaired) electrons. The molecule has 0 bridgehead atoms. The van der Waals surface area contributed by atoms with Crippen molar-refractivity contribution in [3.05, 3.63) is 96.4 Å². The number of pyridine rings is 1. The van der Waals surface area contributed by atoms with Gasteiger partial charge in [0.1, 0.15) is 35.2 Å². The lowest BCUT2D eigenvalue weighted by molar-refractivity contribution is -0.123. The minimum atomic E-state index is -3.52. The molecule has 2 aromatic carbocycles. The molecule has 356 valence electrons. The van der Waals surface area contributed by atoms with Crippen LogP contribution < -0.4 is 10.6 Å². The first-order valence-corrected chi connectivity index (χ1v) is 24.3. The van der Waals surface area contributed by atoms with E-state index in [0.29, 0.717) is 54.9 Å². The molecule has 0 saturated heterocycles. The Morgan fingerprint density at radius 2 is 1.75 bits per heavy atom. The third kappa shape index (κ3) is 8.68. The minimum absolute atomic E-state index is 0.0171. The van der Waals surface area contributed by atoms with Crippen molar-refractivity contribution in [2.75, 3.05) is 5.32 Å². The number of benzene rings is 2. The van der Waals surface area contributed by atoms with Crippen LogP contribution in [0.15, 0.2) is 40.8 Å². The number of amides is 1. The van der Waals surface area contributed by atoms with Crippen LogP contribution in [0.25, 0.3) is 22.0 Å². The van der Waals surface area contributed by atoms with E-state index in [-0.39, 0.29) is 65.2 Å². The highest BCUT2D eigenvalue weighted by molar-refractivity contribution is 14.1. The van der Waals surface area contributed by atoms with Gasteiger partial charge in [0.15, 0.2) is 15.7 Å². The number of carbonyl (C=O) groups is 1. The Labute approximate surface area is 398 Å². The Morgan fingerprint density at radius 1 is 1.04 bits per heavy atom. The molecule has 6 aromatic rings. The number of carbonyl (C=O) groups excluding carboxylic acids is 1. The number of aromatic nitrogens is 7. The third-order valence-corrected chi connectivity index (χ3v) is 17.0. The molecule has 3 atom stereocenters. The molecule has 2 saturated carbocycles. The molecule has 0 aliphatic heterocycles. The molecule has 67 heavy (non-hydrogen) atoms. The molecule has 1 amide bonds. The first kappa shape index (κ1) is 47.3. The third-order valence-electron chi connectivity index (χ3n) is 12.7. The number of fused-ring (bicyclic) bond motifs is 4. The van der Waals surface area contributed by atoms with Crippen molar-refractivity contribution >= 4 is 72.7 Å². The standard InChI is InChI=1S/C44H43ClF6IN9O5S/c1-42(2,67(64,65)22-6-7-22)11-10-29-28(52)17-24(23-8-9-27(45)33-36(23)60(5)59-39(33)55-41-57-56-40(66-41)43(3,4)63)34(54-29)30(14-19-12-20(46)15-21(47)13-19)53-31(62)18-61-37-32(35(58-61)38(48)49)25-16-26(25)44(37,50)51/h8-9,12-13,15,17,22,25-26,30,38,63H,6-7,10-11,14,16,18H2,1-5H3,(H,53,62)(H,55,57,59)/t25-,26?,30-/m0/s1. The summed E-state index contributed by atoms with van der Waals surface area (Å²) in [5.74, 6) is -8.21. The van der Waals surface area contributed by atoms with Crippen LogP contribution in [0, 0.1) is 21.1 Å². The molecule has 14 nitrogen and oxygen atoms in total. The molecule has 4 heterocycles. The van der Waals surface area contributed by atoms with Gasteiger partial charge in [0, 0.05) is 39.3 Å². The van der Waals surface area contributed by atoms with Gasteiger partial charge in [0.2, 0.25) is 11.8 Å². The number of rotatable bonds is 16. The molecule has 2 fully saturated rings. The summed E-state index contributed by atoms with van der Waals surface area (Å²) < 4.78 is 124. The Morgan fingerprint density at radius 3 is 2.39 bits per heavy atom. The predicted octanol–water partition coefficient (Wildman–Crippen LogP) is 9.26. The molecule has 9 rings (SSSR count). The second kappa shape index (κ2) is 16.7. The lowest BCUT2D eigenvalue weighted by Gasteiger charge is -2.26. The predicted molar refractivity (Wildman–Crippen MR) is 242 cm³/mol. The Hall–Kier alpha value is -4.81. The number of anilines is 2. The van der Waals surface area contributed by atoms with Crippen molar-refractivity contribution in [2.45, 2.75) is 113 Å². The van der Waals surface area contributed by atoms with E-state index in [1.807, 2.05) is 0 Å². The van der Waals surface area contributed by atoms with Crippen LogP contribution in [0.3, 0.4) is 0 Å². The SMILES string of the molecule is Cn1nc(Nc2nnc(C(C)(C)O)o2)c2c(Cl)ccc(-c3cc(I)c(CCC(C)(C)S(=O)(=O)C4CC4)nc3[C@H](Cc3cc(F)cc(F)c3)NC(=O)Cn3nc(C(F)F)c4c3C(F)(F)C3C[C@H]43)c21. The molecule has 23 heteroatoms. The lowest BCUT2D eigenvalue weighted by atomic mass is 9.93. The second-order valence-electron chi connectivity index (χ2n) is 18.5. The fraction of sp³-hybridized carbons (Fsp3) is 0.455. The van der Waals surface area contributed by atoms with Gasteiger partial charge in [-0.05, 0) is 125 Å². The van der Waals surface area contributed by atoms with Crippen LogP contribution in [-0.2, 0) is 52.6 Å². The van der Waals surface area contributed by atoms with E-state index < -0.39 is 91.1 Å². The lowest BCUT2D eigenvalue weighted by Crippen LogP contribution is -2.36. The van der Waals surface area contributed by atoms with E-state index in [1.54, 1.807) is 39.1 Å². The van der Waals surface area contributed by atoms with Gasteiger partial charge in [-0.1, -0.05) is 22.8 Å². The van der Waals surface area contributed by atoms with Gasteiger partial charge < -0.3 is 14.8 Å². The minimum Gasteiger partial charge on any atom is -0.405 e. The maximum Gasteiger partial charge on any atom is 0.321 e. The Balaban J connectivity index is 1.18. The average Bonchev–Trinajstić information content (AvgIpc) is 4.11. The quantitative estimate of drug-likeness (QED) is 0.0621. The van der Waals surface area contributed by atoms with Gasteiger partial charge in [0.25, 0.3) is 12.3 Å². The highest BCUT2D eigenvalue weighted by Crippen LogP contribution is 2.68. The molecule has 0 spiro atoms. The number of nitrogens with one attached hydrogen (secondary N) is 2. The normalized spacial score (nSPS) is 18.4. The average molecular weight is 1090 g/mol. The molecular formula is C44H43ClF6IN9O5S. The molecule has 3 N–H and O–H groups in total. The summed E-state index contributed by atoms with van der Waals surface area (Å²) in [6.45, 7) is 5.32. The topological polar surface area (TPSA) is 183 Å². The Kier molecular flexibility index (Phi) is 11.8. The van der Waals surface area contributed by atoms with E-state index in [1.165, 1.54) is 18.5 Å². The fourth-order valence-electron chi connectivity index (χ4n) is 9.03. The summed E-state index contributed by atoms with van der Waals surface area (Å²) >= 11 is 8.93. The summed E-state index contributed by atoms with van der Waals surface area (Å²) in [6, 6.07) is 6.38. The fourth-order valence-corrected chi connectivity index (χ4v) is 12.0. The van der Waals surface area contributed by atoms with Gasteiger partial charge >= 0.3 is 6.01 Å². The zero-order chi connectivity index (χ0) is 48.3. The summed E-state index contributed by atoms with van der Waals surface area (Å²) in [6.07, 6.45) is -2.05. The molecule has 4 aromatic heterocycles. The van der Waals surface area contributed by atoms with Gasteiger partial charge in [-0.25, -0.2) is 26.0 Å². The number of alkyl halides is 4. The van der Waals surface area contributed by atoms with E-state index >= 15 is 8.78 Å². The van der Waals surface area contributed by atoms with Gasteiger partial charge in [-0.15, -0.1) is 5.10 Å². The maximum absolute atomic E-state index is 15.6. The number of halogens is 8. The number of hydrogen-bond donors (Lipinski definition) is 3. The van der Waals surface area contributed by atoms with Crippen molar-refractivity contribution < 1.29 is 49.1 Å². The Bertz CT molecular complexity index is 3080. The van der Waals surface area contributed by atoms with E-state index in [0.717, 1.165) is 12.1 Å². The highest BCUT2D eigenvalue weighted by Gasteiger charge is 2.67. The van der Waals surface area contributed by atoms with Crippen LogP contribution in [0.5, 0.6) is 0 Å². The van der Waals surface area contributed by atoms with E-state index in [2.05, 4.69) is 53.6 Å². The summed E-state index contributed by atoms with van der Waals surface area (Å²) in [5.41, 5.74) is -1.47. The molecular weight excluding hydrogens is 1040 g/mol. The zero-order valence-electron chi connectivity index (χ0n) is 36.4. The van der Waals surface area contributed by atoms with E-state index in [4.69, 9.17) is 21.0 Å². The molecule has 3 aliphatic rings. The number of sulfone groups is 1. The van der Waals surface area contributed by atoms with Crippen molar-refractivity contribution in [2.24, 2.45) is 13.0 Å². The van der Waals surface area contributed by atoms with Gasteiger partial charge in [-0.2, -0.15) is 19.0 Å². The first-order valence-electron chi connectivity index (χ1n) is 21.3. The summed E-state index contributed by atoms with van der Waals surface area (Å²) in [4.78, 5) is 19.4. The number of aryl methyl sites for hydroxylation is 2. The number of hydrogen-bond acceptors (Lipinski definition) is 11. The van der Waals surface area contributed by atoms with Crippen molar-refractivity contribution in [3.8, 4) is 11.1 Å². The zero-order valence-corrected chi connectivity index (χ0v) is 40.2. The highest BCUT2D eigenvalue weighted by atomic mass is 127. The van der Waals surface area contributed by atoms with Crippen LogP contribution in [0.2, 0.25) is 5.02 Å². The van der Waals surface area contributed by atoms with Crippen molar-refractivity contribution in [1.29, 1.82) is 0 Å². The smallest absolute Gasteiger partial charge is 0.321 e. The monoisotopic (exact) mass is 1090 g/mol. The van der Waals surface area contributed by atoms with Crippen LogP contribution in [0.4, 0.5) is 38.2 Å². The van der Waals surface area contributed by atoms with E-state index in [9.17, 15) is 35.9 Å². The van der Waals surface area contributed by atoms with Gasteiger partial charge in [-0.3, -0.25) is 24.5 Å². The number of aliphatic hydroxyl groups is 1. The maximum atomic E-state index is 15.6. The largest absolute Gasteiger partial charge is 0.405 e. The molecule has 3 aliphatic carbocycles. The molecule has 1 unspecified atom stereocenters. The van der Waals surface area contributed by atoms with Crippen molar-refractivity contribution in [1.82, 2.24) is 40.1 Å². The summed E-state index contributed by atoms with van der Waals surface area (Å²) in [7, 11) is -1.89. The van der Waals surface area contributed by atoms with Gasteiger partial charge in [0.05, 0.1) is 43.4 Å². The van der Waals surface area contributed by atoms with Crippen LogP contribution in [-0.4, -0.2) is 64.2 Å². The number of nitrogens with zero attached hydrogens (tertiary/aromatic N) is 7. The second-order valence-corrected chi connectivity index (χ2v) is 23.0. The van der Waals surface area contributed by atoms with Crippen LogP contribution >= 0.6 is 34.2 Å². The summed E-state index contributed by atoms with van der Waals surface area (Å²) in [5, 5.41) is 32.6. The van der Waals surface area contributed by atoms with Crippen LogP contribution in [0.1, 0.15) is 112 Å². The first-order chi connectivity index (χ1) is 31.3. The van der Waals surface area contributed by atoms with Crippen molar-refractivity contribution in [3.63, 3.8) is 0 Å².